The fourth-order valence-corrected chi connectivity index (χ4v) is 5.48. The number of nitrogens with zero attached hydrogens (tertiary/aromatic N) is 6. The summed E-state index contributed by atoms with van der Waals surface area (Å²) in [6.45, 7) is 6.65. The van der Waals surface area contributed by atoms with Gasteiger partial charge < -0.3 is 0 Å². The Morgan fingerprint density at radius 1 is 0.575 bits per heavy atom. The molecule has 10 heteroatoms. The third-order valence-corrected chi connectivity index (χ3v) is 7.34. The molecule has 192 valence electrons. The van der Waals surface area contributed by atoms with Gasteiger partial charge in [0.2, 0.25) is 0 Å². The molecule has 0 bridgehead atoms. The number of anilines is 2. The fourth-order valence-electron chi connectivity index (χ4n) is 5.48. The van der Waals surface area contributed by atoms with Crippen LogP contribution in [0, 0.1) is 50.4 Å². The molecule has 4 amide bonds. The van der Waals surface area contributed by atoms with Crippen molar-refractivity contribution in [2.45, 2.75) is 27.7 Å². The Bertz CT molecular complexity index is 1750. The second-order valence-corrected chi connectivity index (χ2v) is 9.70. The van der Waals surface area contributed by atoms with Gasteiger partial charge in [0, 0.05) is 33.0 Å². The number of carbonyl (C=O) groups is 4. The zero-order valence-electron chi connectivity index (χ0n) is 21.8. The van der Waals surface area contributed by atoms with Crippen molar-refractivity contribution in [3.05, 3.63) is 92.3 Å². The second-order valence-electron chi connectivity index (χ2n) is 9.70. The van der Waals surface area contributed by atoms with E-state index in [1.165, 1.54) is 36.4 Å². The lowest BCUT2D eigenvalue weighted by Crippen LogP contribution is -2.44. The van der Waals surface area contributed by atoms with E-state index < -0.39 is 23.6 Å². The van der Waals surface area contributed by atoms with Gasteiger partial charge in [-0.05, 0) is 75.2 Å². The van der Waals surface area contributed by atoms with E-state index in [-0.39, 0.29) is 44.7 Å². The maximum atomic E-state index is 13.7. The molecule has 10 nitrogen and oxygen atoms in total. The number of carbonyl (C=O) groups excluding carboxylic acids is 4. The Labute approximate surface area is 227 Å². The molecule has 2 aliphatic heterocycles. The van der Waals surface area contributed by atoms with Crippen molar-refractivity contribution in [3.63, 3.8) is 0 Å². The number of nitriles is 2. The summed E-state index contributed by atoms with van der Waals surface area (Å²) >= 11 is 0. The second kappa shape index (κ2) is 8.38. The first-order chi connectivity index (χ1) is 19.1. The van der Waals surface area contributed by atoms with Crippen molar-refractivity contribution in [2.24, 2.45) is 0 Å². The highest BCUT2D eigenvalue weighted by atomic mass is 16.2. The zero-order valence-corrected chi connectivity index (χ0v) is 21.8. The minimum absolute atomic E-state index is 0.0824. The van der Waals surface area contributed by atoms with Gasteiger partial charge in [0.25, 0.3) is 23.6 Å². The lowest BCUT2D eigenvalue weighted by atomic mass is 9.86. The molecular formula is C30H18N6O4. The first-order valence-corrected chi connectivity index (χ1v) is 12.2. The number of imide groups is 2. The Morgan fingerprint density at radius 3 is 1.12 bits per heavy atom. The first-order valence-electron chi connectivity index (χ1n) is 12.2. The molecule has 40 heavy (non-hydrogen) atoms. The van der Waals surface area contributed by atoms with E-state index in [1.54, 1.807) is 27.7 Å². The molecule has 6 rings (SSSR count). The van der Waals surface area contributed by atoms with Crippen LogP contribution in [0.25, 0.3) is 10.8 Å². The van der Waals surface area contributed by atoms with Crippen LogP contribution in [0.2, 0.25) is 0 Å². The first kappa shape index (κ1) is 24.6. The predicted octanol–water partition coefficient (Wildman–Crippen LogP) is 4.21. The summed E-state index contributed by atoms with van der Waals surface area (Å²) in [4.78, 5) is 65.3. The molecule has 0 N–H and O–H groups in total. The summed E-state index contributed by atoms with van der Waals surface area (Å²) in [6.07, 6.45) is 0. The summed E-state index contributed by atoms with van der Waals surface area (Å²) < 4.78 is 0. The fraction of sp³-hybridized carbons (Fsp3) is 0.133. The number of aromatic nitrogens is 2. The zero-order chi connectivity index (χ0) is 28.6. The molecule has 2 aromatic carbocycles. The number of pyridine rings is 2. The molecule has 0 unspecified atom stereocenters. The summed E-state index contributed by atoms with van der Waals surface area (Å²) in [5.74, 6) is -2.45. The van der Waals surface area contributed by atoms with E-state index in [1.807, 2.05) is 0 Å². The quantitative estimate of drug-likeness (QED) is 0.353. The van der Waals surface area contributed by atoms with Crippen LogP contribution in [0.5, 0.6) is 0 Å². The molecule has 2 aliphatic rings. The van der Waals surface area contributed by atoms with E-state index >= 15 is 0 Å². The van der Waals surface area contributed by atoms with Crippen LogP contribution in [0.4, 0.5) is 11.6 Å². The summed E-state index contributed by atoms with van der Waals surface area (Å²) in [7, 11) is 0. The van der Waals surface area contributed by atoms with Gasteiger partial charge in [-0.15, -0.1) is 0 Å². The van der Waals surface area contributed by atoms with Gasteiger partial charge >= 0.3 is 0 Å². The number of hydrogen-bond donors (Lipinski definition) is 0. The Morgan fingerprint density at radius 2 is 0.875 bits per heavy atom. The molecule has 0 saturated heterocycles. The molecule has 0 atom stereocenters. The molecular weight excluding hydrogens is 508 g/mol. The minimum atomic E-state index is -0.653. The summed E-state index contributed by atoms with van der Waals surface area (Å²) in [6, 6.07) is 13.0. The van der Waals surface area contributed by atoms with Crippen molar-refractivity contribution in [3.8, 4) is 12.1 Å². The van der Waals surface area contributed by atoms with Crippen LogP contribution in [-0.4, -0.2) is 33.6 Å². The molecule has 0 saturated carbocycles. The van der Waals surface area contributed by atoms with E-state index in [9.17, 15) is 29.7 Å². The number of rotatable bonds is 2. The van der Waals surface area contributed by atoms with E-state index in [4.69, 9.17) is 0 Å². The van der Waals surface area contributed by atoms with Crippen LogP contribution in [0.15, 0.2) is 36.4 Å². The number of benzene rings is 2. The smallest absolute Gasteiger partial charge is 0.267 e. The van der Waals surface area contributed by atoms with Crippen LogP contribution in [0.3, 0.4) is 0 Å². The maximum absolute atomic E-state index is 13.7. The highest BCUT2D eigenvalue weighted by Gasteiger charge is 2.41. The molecule has 0 radical (unpaired) electrons. The SMILES string of the molecule is Cc1cc(N2C(=O)c3ccc4c5c(ccc(c35)C2=O)C(=O)N(c2cc(C)c(C#N)c(C)n2)C4=O)nc(C)c1C#N. The van der Waals surface area contributed by atoms with Crippen LogP contribution in [-0.2, 0) is 0 Å². The van der Waals surface area contributed by atoms with Crippen LogP contribution < -0.4 is 9.80 Å². The van der Waals surface area contributed by atoms with Gasteiger partial charge in [0.15, 0.2) is 0 Å². The Balaban J connectivity index is 1.52. The van der Waals surface area contributed by atoms with E-state index in [2.05, 4.69) is 22.1 Å². The molecule has 4 heterocycles. The van der Waals surface area contributed by atoms with Gasteiger partial charge in [-0.1, -0.05) is 0 Å². The Hall–Kier alpha value is -5.74. The highest BCUT2D eigenvalue weighted by molar-refractivity contribution is 6.42. The molecule has 0 fully saturated rings. The highest BCUT2D eigenvalue weighted by Crippen LogP contribution is 2.40. The van der Waals surface area contributed by atoms with Gasteiger partial charge in [0.1, 0.15) is 23.8 Å². The average molecular weight is 527 g/mol. The van der Waals surface area contributed by atoms with Gasteiger partial charge in [-0.25, -0.2) is 19.8 Å². The largest absolute Gasteiger partial charge is 0.268 e. The summed E-state index contributed by atoms with van der Waals surface area (Å²) in [5, 5.41) is 19.2. The van der Waals surface area contributed by atoms with Gasteiger partial charge in [-0.3, -0.25) is 19.2 Å². The minimum Gasteiger partial charge on any atom is -0.268 e. The summed E-state index contributed by atoms with van der Waals surface area (Å²) in [5.41, 5.74) is 3.22. The van der Waals surface area contributed by atoms with Gasteiger partial charge in [-0.2, -0.15) is 10.5 Å². The van der Waals surface area contributed by atoms with Crippen LogP contribution in [0.1, 0.15) is 75.1 Å². The standard InChI is InChI=1S/C30H18N6O4/c1-13-9-23(33-15(3)21(13)11-31)35-27(37)17-5-7-19-26-20(8-6-18(25(17)26)28(35)38)30(40)36(29(19)39)24-10-14(2)22(12-32)16(4)34-24/h5-10H,1-4H3. The number of hydrogen-bond acceptors (Lipinski definition) is 8. The van der Waals surface area contributed by atoms with Crippen molar-refractivity contribution in [2.75, 3.05) is 9.80 Å². The number of aryl methyl sites for hydroxylation is 4. The molecule has 0 spiro atoms. The monoisotopic (exact) mass is 526 g/mol. The van der Waals surface area contributed by atoms with Crippen LogP contribution >= 0.6 is 0 Å². The Kier molecular flexibility index (Phi) is 5.15. The average Bonchev–Trinajstić information content (AvgIpc) is 2.90. The van der Waals surface area contributed by atoms with E-state index in [0.717, 1.165) is 9.80 Å². The predicted molar refractivity (Wildman–Crippen MR) is 143 cm³/mol. The topological polar surface area (TPSA) is 148 Å². The third kappa shape index (κ3) is 3.14. The molecule has 4 aromatic rings. The maximum Gasteiger partial charge on any atom is 0.267 e. The van der Waals surface area contributed by atoms with Crippen molar-refractivity contribution < 1.29 is 19.2 Å². The lowest BCUT2D eigenvalue weighted by molar-refractivity contribution is 0.0871. The third-order valence-electron chi connectivity index (χ3n) is 7.34. The van der Waals surface area contributed by atoms with Gasteiger partial charge in [0.05, 0.1) is 22.5 Å². The van der Waals surface area contributed by atoms with Crippen molar-refractivity contribution in [1.29, 1.82) is 10.5 Å². The lowest BCUT2D eigenvalue weighted by Gasteiger charge is -2.31. The van der Waals surface area contributed by atoms with E-state index in [0.29, 0.717) is 33.6 Å². The molecule has 0 aliphatic carbocycles. The van der Waals surface area contributed by atoms with Crippen molar-refractivity contribution >= 4 is 46.0 Å². The molecule has 2 aromatic heterocycles. The van der Waals surface area contributed by atoms with Crippen molar-refractivity contribution in [1.82, 2.24) is 9.97 Å². The normalized spacial score (nSPS) is 14.1. The number of amides is 4.